The van der Waals surface area contributed by atoms with Crippen LogP contribution in [-0.2, 0) is 4.74 Å². The molecule has 1 fully saturated rings. The van der Waals surface area contributed by atoms with Crippen molar-refractivity contribution >= 4 is 11.6 Å². The van der Waals surface area contributed by atoms with Gasteiger partial charge in [-0.1, -0.05) is 29.5 Å². The van der Waals surface area contributed by atoms with Crippen LogP contribution in [0.2, 0.25) is 0 Å². The van der Waals surface area contributed by atoms with Gasteiger partial charge in [-0.3, -0.25) is 9.59 Å². The molecule has 0 amide bonds. The van der Waals surface area contributed by atoms with Gasteiger partial charge in [-0.25, -0.2) is 4.68 Å². The Morgan fingerprint density at radius 1 is 1.08 bits per heavy atom. The zero-order valence-corrected chi connectivity index (χ0v) is 12.2. The van der Waals surface area contributed by atoms with E-state index in [-0.39, 0.29) is 22.5 Å². The van der Waals surface area contributed by atoms with E-state index in [4.69, 9.17) is 9.84 Å². The fraction of sp³-hybridized carbons (Fsp3) is 0.333. The summed E-state index contributed by atoms with van der Waals surface area (Å²) in [6.45, 7) is -0.513. The number of ether oxygens (including phenoxy) is 1. The lowest BCUT2D eigenvalue weighted by Gasteiger charge is -2.19. The summed E-state index contributed by atoms with van der Waals surface area (Å²) in [5, 5.41) is 36.7. The third-order valence-electron chi connectivity index (χ3n) is 4.30. The van der Waals surface area contributed by atoms with Gasteiger partial charge in [-0.05, 0) is 0 Å². The molecule has 2 heterocycles. The predicted octanol–water partition coefficient (Wildman–Crippen LogP) is -1.34. The van der Waals surface area contributed by atoms with Gasteiger partial charge in [0.15, 0.2) is 11.9 Å². The van der Waals surface area contributed by atoms with Gasteiger partial charge < -0.3 is 20.1 Å². The summed E-state index contributed by atoms with van der Waals surface area (Å²) in [6, 6.07) is 6.33. The minimum absolute atomic E-state index is 0.103. The highest BCUT2D eigenvalue weighted by atomic mass is 16.6. The molecular weight excluding hydrogens is 318 g/mol. The first-order valence-electron chi connectivity index (χ1n) is 7.30. The van der Waals surface area contributed by atoms with E-state index < -0.39 is 42.7 Å². The maximum Gasteiger partial charge on any atom is 0.216 e. The van der Waals surface area contributed by atoms with Crippen LogP contribution in [0.3, 0.4) is 0 Å². The van der Waals surface area contributed by atoms with Crippen molar-refractivity contribution in [3.63, 3.8) is 0 Å². The highest BCUT2D eigenvalue weighted by molar-refractivity contribution is 6.26. The van der Waals surface area contributed by atoms with Crippen LogP contribution in [0.4, 0.5) is 0 Å². The first-order chi connectivity index (χ1) is 11.5. The molecule has 0 saturated carbocycles. The molecule has 0 bridgehead atoms. The lowest BCUT2D eigenvalue weighted by molar-refractivity contribution is -0.0600. The number of carbonyl (C=O) groups excluding carboxylic acids is 2. The number of hydrogen-bond donors (Lipinski definition) is 3. The van der Waals surface area contributed by atoms with E-state index in [1.165, 1.54) is 12.1 Å². The number of carbonyl (C=O) groups is 2. The molecule has 1 aliphatic heterocycles. The standard InChI is InChI=1S/C15H13N3O6/c19-5-8-13(22)14(23)15(24-8)18-10-9(16-17-18)11(20)6-3-1-2-4-7(6)12(10)21/h1-4,8,13-15,19,22-23H,5H2/t8-,13-,14-,15-/m1/s1. The van der Waals surface area contributed by atoms with Crippen molar-refractivity contribution in [3.05, 3.63) is 46.8 Å². The molecule has 9 nitrogen and oxygen atoms in total. The maximum absolute atomic E-state index is 12.7. The van der Waals surface area contributed by atoms with Crippen molar-refractivity contribution < 1.29 is 29.6 Å². The molecule has 1 aliphatic carbocycles. The second-order valence-corrected chi connectivity index (χ2v) is 5.66. The van der Waals surface area contributed by atoms with Crippen molar-refractivity contribution in [2.45, 2.75) is 24.5 Å². The maximum atomic E-state index is 12.7. The summed E-state index contributed by atoms with van der Waals surface area (Å²) in [7, 11) is 0. The molecule has 1 saturated heterocycles. The van der Waals surface area contributed by atoms with Crippen LogP contribution in [0.5, 0.6) is 0 Å². The topological polar surface area (TPSA) is 135 Å². The highest BCUT2D eigenvalue weighted by Crippen LogP contribution is 2.33. The molecule has 4 rings (SSSR count). The average molecular weight is 331 g/mol. The van der Waals surface area contributed by atoms with E-state index in [1.807, 2.05) is 0 Å². The largest absolute Gasteiger partial charge is 0.394 e. The average Bonchev–Trinajstić information content (AvgIpc) is 3.15. The predicted molar refractivity (Wildman–Crippen MR) is 76.3 cm³/mol. The number of aromatic nitrogens is 3. The van der Waals surface area contributed by atoms with Crippen molar-refractivity contribution in [3.8, 4) is 0 Å². The minimum atomic E-state index is -1.42. The first-order valence-corrected chi connectivity index (χ1v) is 7.30. The lowest BCUT2D eigenvalue weighted by atomic mass is 9.90. The van der Waals surface area contributed by atoms with E-state index in [0.29, 0.717) is 0 Å². The van der Waals surface area contributed by atoms with Crippen LogP contribution in [0.25, 0.3) is 0 Å². The molecule has 24 heavy (non-hydrogen) atoms. The summed E-state index contributed by atoms with van der Waals surface area (Å²) >= 11 is 0. The molecule has 2 aliphatic rings. The van der Waals surface area contributed by atoms with Crippen LogP contribution in [-0.4, -0.2) is 66.8 Å². The zero-order chi connectivity index (χ0) is 17.0. The van der Waals surface area contributed by atoms with Crippen LogP contribution in [0.15, 0.2) is 24.3 Å². The zero-order valence-electron chi connectivity index (χ0n) is 12.2. The van der Waals surface area contributed by atoms with Crippen molar-refractivity contribution in [2.24, 2.45) is 0 Å². The molecule has 124 valence electrons. The molecule has 9 heteroatoms. The Bertz CT molecular complexity index is 847. The molecule has 1 aromatic heterocycles. The highest BCUT2D eigenvalue weighted by Gasteiger charge is 2.47. The Kier molecular flexibility index (Phi) is 3.32. The Morgan fingerprint density at radius 3 is 2.38 bits per heavy atom. The van der Waals surface area contributed by atoms with Gasteiger partial charge in [0.25, 0.3) is 0 Å². The Morgan fingerprint density at radius 2 is 1.75 bits per heavy atom. The normalized spacial score (nSPS) is 28.8. The third kappa shape index (κ3) is 1.89. The molecule has 3 N–H and O–H groups in total. The number of rotatable bonds is 2. The van der Waals surface area contributed by atoms with Crippen molar-refractivity contribution in [2.75, 3.05) is 6.61 Å². The Balaban J connectivity index is 1.81. The minimum Gasteiger partial charge on any atom is -0.394 e. The smallest absolute Gasteiger partial charge is 0.216 e. The summed E-state index contributed by atoms with van der Waals surface area (Å²) < 4.78 is 6.36. The molecule has 2 aromatic rings. The number of hydrogen-bond acceptors (Lipinski definition) is 8. The van der Waals surface area contributed by atoms with Gasteiger partial charge >= 0.3 is 0 Å². The third-order valence-corrected chi connectivity index (χ3v) is 4.30. The van der Waals surface area contributed by atoms with Gasteiger partial charge in [0, 0.05) is 11.1 Å². The number of ketones is 2. The fourth-order valence-corrected chi connectivity index (χ4v) is 3.05. The second-order valence-electron chi connectivity index (χ2n) is 5.66. The van der Waals surface area contributed by atoms with Gasteiger partial charge in [0.1, 0.15) is 24.0 Å². The number of benzene rings is 1. The van der Waals surface area contributed by atoms with Crippen LogP contribution >= 0.6 is 0 Å². The number of fused-ring (bicyclic) bond motifs is 2. The molecule has 4 atom stereocenters. The molecule has 0 unspecified atom stereocenters. The summed E-state index contributed by atoms with van der Waals surface area (Å²) in [5.74, 6) is -0.916. The number of aliphatic hydroxyl groups is 3. The number of aliphatic hydroxyl groups excluding tert-OH is 3. The number of nitrogens with zero attached hydrogens (tertiary/aromatic N) is 3. The molecule has 0 radical (unpaired) electrons. The van der Waals surface area contributed by atoms with Crippen LogP contribution in [0, 0.1) is 0 Å². The summed E-state index contributed by atoms with van der Waals surface area (Å²) in [6.07, 6.45) is -5.02. The van der Waals surface area contributed by atoms with Crippen molar-refractivity contribution in [1.29, 1.82) is 0 Å². The SMILES string of the molecule is O=C1c2ccccc2C(=O)c2c1nnn2[C@@H]1O[C@H](CO)[C@@H](O)[C@H]1O. The summed E-state index contributed by atoms with van der Waals surface area (Å²) in [5.41, 5.74) is 0.221. The van der Waals surface area contributed by atoms with Gasteiger partial charge in [-0.15, -0.1) is 5.10 Å². The van der Waals surface area contributed by atoms with E-state index in [1.54, 1.807) is 12.1 Å². The summed E-state index contributed by atoms with van der Waals surface area (Å²) in [4.78, 5) is 25.2. The quantitative estimate of drug-likeness (QED) is 0.525. The second kappa shape index (κ2) is 5.28. The van der Waals surface area contributed by atoms with Crippen molar-refractivity contribution in [1.82, 2.24) is 15.0 Å². The monoisotopic (exact) mass is 331 g/mol. The van der Waals surface area contributed by atoms with E-state index in [2.05, 4.69) is 10.3 Å². The molecule has 1 aromatic carbocycles. The van der Waals surface area contributed by atoms with E-state index >= 15 is 0 Å². The van der Waals surface area contributed by atoms with Crippen LogP contribution in [0.1, 0.15) is 38.3 Å². The first kappa shape index (κ1) is 15.1. The lowest BCUT2D eigenvalue weighted by Crippen LogP contribution is -2.34. The van der Waals surface area contributed by atoms with E-state index in [9.17, 15) is 19.8 Å². The Hall–Kier alpha value is -2.46. The Labute approximate surface area is 135 Å². The molecular formula is C15H13N3O6. The van der Waals surface area contributed by atoms with Crippen LogP contribution < -0.4 is 0 Å². The molecule has 0 spiro atoms. The van der Waals surface area contributed by atoms with Gasteiger partial charge in [-0.2, -0.15) is 0 Å². The van der Waals surface area contributed by atoms with Gasteiger partial charge in [0.05, 0.1) is 6.61 Å². The fourth-order valence-electron chi connectivity index (χ4n) is 3.05. The van der Waals surface area contributed by atoms with Gasteiger partial charge in [0.2, 0.25) is 11.6 Å². The van der Waals surface area contributed by atoms with E-state index in [0.717, 1.165) is 4.68 Å².